The molecular formula is C10H22N2O2S. The van der Waals surface area contributed by atoms with Gasteiger partial charge in [0.15, 0.2) is 0 Å². The number of hydrogen-bond acceptors (Lipinski definition) is 3. The minimum absolute atomic E-state index is 0.293. The summed E-state index contributed by atoms with van der Waals surface area (Å²) in [6, 6.07) is 0.332. The van der Waals surface area contributed by atoms with Crippen molar-refractivity contribution in [2.24, 2.45) is 5.92 Å². The topological polar surface area (TPSA) is 49.4 Å². The number of hydrogen-bond donors (Lipinski definition) is 1. The van der Waals surface area contributed by atoms with Crippen LogP contribution in [0.15, 0.2) is 0 Å². The first-order chi connectivity index (χ1) is 6.95. The van der Waals surface area contributed by atoms with E-state index in [1.807, 2.05) is 7.05 Å². The molecule has 0 bridgehead atoms. The van der Waals surface area contributed by atoms with Gasteiger partial charge in [0, 0.05) is 19.1 Å². The summed E-state index contributed by atoms with van der Waals surface area (Å²) in [6.45, 7) is 5.41. The van der Waals surface area contributed by atoms with Crippen LogP contribution in [0.5, 0.6) is 0 Å². The molecule has 4 nitrogen and oxygen atoms in total. The third kappa shape index (κ3) is 3.74. The molecule has 0 aromatic carbocycles. The van der Waals surface area contributed by atoms with E-state index < -0.39 is 10.0 Å². The molecule has 0 spiro atoms. The summed E-state index contributed by atoms with van der Waals surface area (Å²) in [5.74, 6) is 0.739. The van der Waals surface area contributed by atoms with Gasteiger partial charge < -0.3 is 5.32 Å². The molecule has 1 aliphatic heterocycles. The normalized spacial score (nSPS) is 23.9. The van der Waals surface area contributed by atoms with E-state index in [2.05, 4.69) is 19.2 Å². The Balaban J connectivity index is 2.48. The summed E-state index contributed by atoms with van der Waals surface area (Å²) in [6.07, 6.45) is 1.68. The first-order valence-corrected chi connectivity index (χ1v) is 7.21. The second-order valence-corrected chi connectivity index (χ2v) is 6.72. The van der Waals surface area contributed by atoms with Gasteiger partial charge in [-0.1, -0.05) is 13.8 Å². The van der Waals surface area contributed by atoms with E-state index in [1.54, 1.807) is 4.31 Å². The van der Waals surface area contributed by atoms with Crippen LogP contribution in [-0.4, -0.2) is 44.7 Å². The van der Waals surface area contributed by atoms with E-state index in [-0.39, 0.29) is 0 Å². The van der Waals surface area contributed by atoms with Crippen molar-refractivity contribution in [2.45, 2.75) is 32.7 Å². The monoisotopic (exact) mass is 234 g/mol. The maximum Gasteiger partial charge on any atom is 0.214 e. The smallest absolute Gasteiger partial charge is 0.214 e. The first-order valence-electron chi connectivity index (χ1n) is 5.61. The average molecular weight is 234 g/mol. The SMILES string of the molecule is CNC1CCN(S(=O)(=O)CCC(C)C)C1. The quantitative estimate of drug-likeness (QED) is 0.760. The highest BCUT2D eigenvalue weighted by molar-refractivity contribution is 7.89. The average Bonchev–Trinajstić information content (AvgIpc) is 2.63. The van der Waals surface area contributed by atoms with Crippen LogP contribution in [0.25, 0.3) is 0 Å². The second-order valence-electron chi connectivity index (χ2n) is 4.63. The van der Waals surface area contributed by atoms with E-state index >= 15 is 0 Å². The Morgan fingerprint density at radius 2 is 2.13 bits per heavy atom. The molecule has 1 N–H and O–H groups in total. The van der Waals surface area contributed by atoms with Gasteiger partial charge >= 0.3 is 0 Å². The Hall–Kier alpha value is -0.130. The molecule has 0 aliphatic carbocycles. The van der Waals surface area contributed by atoms with Crippen molar-refractivity contribution in [3.05, 3.63) is 0 Å². The van der Waals surface area contributed by atoms with Crippen LogP contribution >= 0.6 is 0 Å². The fourth-order valence-corrected chi connectivity index (χ4v) is 3.55. The molecule has 1 fully saturated rings. The summed E-state index contributed by atoms with van der Waals surface area (Å²) >= 11 is 0. The van der Waals surface area contributed by atoms with Crippen LogP contribution in [-0.2, 0) is 10.0 Å². The molecule has 0 aromatic rings. The highest BCUT2D eigenvalue weighted by Crippen LogP contribution is 2.15. The summed E-state index contributed by atoms with van der Waals surface area (Å²) in [4.78, 5) is 0. The Labute approximate surface area is 93.1 Å². The minimum atomic E-state index is -3.00. The van der Waals surface area contributed by atoms with Crippen molar-refractivity contribution in [3.8, 4) is 0 Å². The van der Waals surface area contributed by atoms with Crippen LogP contribution in [0.1, 0.15) is 26.7 Å². The Bertz CT molecular complexity index is 288. The number of rotatable bonds is 5. The summed E-state index contributed by atoms with van der Waals surface area (Å²) < 4.78 is 25.4. The van der Waals surface area contributed by atoms with Gasteiger partial charge in [-0.25, -0.2) is 12.7 Å². The molecule has 5 heteroatoms. The van der Waals surface area contributed by atoms with E-state index in [0.29, 0.717) is 30.8 Å². The summed E-state index contributed by atoms with van der Waals surface area (Å²) in [7, 11) is -1.12. The molecule has 1 aliphatic rings. The lowest BCUT2D eigenvalue weighted by molar-refractivity contribution is 0.459. The van der Waals surface area contributed by atoms with Gasteiger partial charge in [-0.3, -0.25) is 0 Å². The fourth-order valence-electron chi connectivity index (χ4n) is 1.73. The Kier molecular flexibility index (Phi) is 4.55. The van der Waals surface area contributed by atoms with Crippen molar-refractivity contribution in [3.63, 3.8) is 0 Å². The molecule has 15 heavy (non-hydrogen) atoms. The molecule has 90 valence electrons. The lowest BCUT2D eigenvalue weighted by atomic mass is 10.2. The largest absolute Gasteiger partial charge is 0.316 e. The Morgan fingerprint density at radius 1 is 1.47 bits per heavy atom. The molecule has 0 aromatic heterocycles. The van der Waals surface area contributed by atoms with Crippen molar-refractivity contribution in [1.29, 1.82) is 0 Å². The van der Waals surface area contributed by atoms with Crippen LogP contribution in [0.3, 0.4) is 0 Å². The van der Waals surface area contributed by atoms with Crippen molar-refractivity contribution >= 4 is 10.0 Å². The zero-order chi connectivity index (χ0) is 11.5. The zero-order valence-electron chi connectivity index (χ0n) is 9.86. The van der Waals surface area contributed by atoms with Crippen molar-refractivity contribution in [1.82, 2.24) is 9.62 Å². The molecule has 1 unspecified atom stereocenters. The lowest BCUT2D eigenvalue weighted by Crippen LogP contribution is -2.35. The van der Waals surface area contributed by atoms with Crippen LogP contribution in [0, 0.1) is 5.92 Å². The molecule has 0 saturated carbocycles. The van der Waals surface area contributed by atoms with Crippen LogP contribution in [0.2, 0.25) is 0 Å². The third-order valence-electron chi connectivity index (χ3n) is 2.91. The molecule has 1 saturated heterocycles. The first kappa shape index (κ1) is 12.9. The standard InChI is InChI=1S/C10H22N2O2S/c1-9(2)5-7-15(13,14)12-6-4-10(8-12)11-3/h9-11H,4-8H2,1-3H3. The van der Waals surface area contributed by atoms with Gasteiger partial charge in [-0.15, -0.1) is 0 Å². The maximum absolute atomic E-state index is 11.9. The minimum Gasteiger partial charge on any atom is -0.316 e. The lowest BCUT2D eigenvalue weighted by Gasteiger charge is -2.17. The predicted molar refractivity (Wildman–Crippen MR) is 62.3 cm³/mol. The van der Waals surface area contributed by atoms with Crippen molar-refractivity contribution in [2.75, 3.05) is 25.9 Å². The molecule has 0 amide bonds. The van der Waals surface area contributed by atoms with Gasteiger partial charge in [0.1, 0.15) is 0 Å². The number of nitrogens with zero attached hydrogens (tertiary/aromatic N) is 1. The molecule has 1 atom stereocenters. The van der Waals surface area contributed by atoms with E-state index in [9.17, 15) is 8.42 Å². The number of nitrogens with one attached hydrogen (secondary N) is 1. The van der Waals surface area contributed by atoms with Gasteiger partial charge in [0.05, 0.1) is 5.75 Å². The van der Waals surface area contributed by atoms with Crippen molar-refractivity contribution < 1.29 is 8.42 Å². The van der Waals surface area contributed by atoms with Gasteiger partial charge in [0.25, 0.3) is 0 Å². The second kappa shape index (κ2) is 5.27. The van der Waals surface area contributed by atoms with Gasteiger partial charge in [-0.2, -0.15) is 0 Å². The van der Waals surface area contributed by atoms with Crippen LogP contribution in [0.4, 0.5) is 0 Å². The Morgan fingerprint density at radius 3 is 2.60 bits per heavy atom. The number of likely N-dealkylation sites (N-methyl/N-ethyl adjacent to an activating group) is 1. The van der Waals surface area contributed by atoms with Crippen LogP contribution < -0.4 is 5.32 Å². The fraction of sp³-hybridized carbons (Fsp3) is 1.00. The van der Waals surface area contributed by atoms with E-state index in [0.717, 1.165) is 12.8 Å². The van der Waals surface area contributed by atoms with Gasteiger partial charge in [-0.05, 0) is 25.8 Å². The third-order valence-corrected chi connectivity index (χ3v) is 4.78. The molecular weight excluding hydrogens is 212 g/mol. The predicted octanol–water partition coefficient (Wildman–Crippen LogP) is 0.656. The molecule has 1 heterocycles. The highest BCUT2D eigenvalue weighted by Gasteiger charge is 2.30. The van der Waals surface area contributed by atoms with Gasteiger partial charge in [0.2, 0.25) is 10.0 Å². The zero-order valence-corrected chi connectivity index (χ0v) is 10.7. The highest BCUT2D eigenvalue weighted by atomic mass is 32.2. The maximum atomic E-state index is 11.9. The summed E-state index contributed by atoms with van der Waals surface area (Å²) in [5.41, 5.74) is 0. The molecule has 0 radical (unpaired) electrons. The van der Waals surface area contributed by atoms with E-state index in [1.165, 1.54) is 0 Å². The molecule has 1 rings (SSSR count). The summed E-state index contributed by atoms with van der Waals surface area (Å²) in [5, 5.41) is 3.12. The van der Waals surface area contributed by atoms with E-state index in [4.69, 9.17) is 0 Å². The number of sulfonamides is 1.